The Morgan fingerprint density at radius 1 is 1.18 bits per heavy atom. The van der Waals surface area contributed by atoms with Gasteiger partial charge in [-0.2, -0.15) is 0 Å². The normalized spacial score (nSPS) is 24.9. The smallest absolute Gasteiger partial charge is 0.309 e. The molecule has 0 amide bonds. The Hall–Kier alpha value is -2.21. The van der Waals surface area contributed by atoms with Crippen LogP contribution in [0, 0.1) is 29.5 Å². The van der Waals surface area contributed by atoms with E-state index in [0.29, 0.717) is 47.6 Å². The topological polar surface area (TPSA) is 74.3 Å². The van der Waals surface area contributed by atoms with E-state index in [2.05, 4.69) is 42.8 Å². The summed E-state index contributed by atoms with van der Waals surface area (Å²) in [6.07, 6.45) is 10.8. The molecule has 8 rings (SSSR count). The lowest BCUT2D eigenvalue weighted by Gasteiger charge is -2.47. The predicted molar refractivity (Wildman–Crippen MR) is 153 cm³/mol. The number of carbonyl (C=O) groups excluding carboxylic acids is 1. The van der Waals surface area contributed by atoms with Crippen LogP contribution in [0.2, 0.25) is 0 Å². The Bertz CT molecular complexity index is 1540. The standard InChI is InChI=1S/C28H29FIN5O2S/c1-2-37-28(36)25-17-7-3-15(4-8-17)19(25)12-22-24-10-9-23(16-5-6-16)35(24)33-26(32-22)21-14-34(38-30)27-20(21)11-18(29)13-31-27/h9-11,13-17,19,25H,2-8,12H2,1H3/t15?,17?,19-,25-/m0/s1. The highest BCUT2D eigenvalue weighted by Crippen LogP contribution is 2.51. The largest absolute Gasteiger partial charge is 0.466 e. The molecule has 4 aliphatic carbocycles. The molecule has 4 aromatic rings. The molecule has 0 aromatic carbocycles. The van der Waals surface area contributed by atoms with E-state index in [1.807, 2.05) is 17.1 Å². The quantitative estimate of drug-likeness (QED) is 0.163. The van der Waals surface area contributed by atoms with Crippen molar-refractivity contribution >= 4 is 52.8 Å². The molecule has 4 aliphatic rings. The van der Waals surface area contributed by atoms with E-state index in [4.69, 9.17) is 14.8 Å². The van der Waals surface area contributed by atoms with Crippen molar-refractivity contribution in [2.75, 3.05) is 6.61 Å². The van der Waals surface area contributed by atoms with Gasteiger partial charge in [-0.1, -0.05) is 0 Å². The summed E-state index contributed by atoms with van der Waals surface area (Å²) < 4.78 is 23.9. The molecule has 0 unspecified atom stereocenters. The van der Waals surface area contributed by atoms with Crippen LogP contribution in [0.3, 0.4) is 0 Å². The van der Waals surface area contributed by atoms with E-state index in [1.165, 1.54) is 39.9 Å². The molecule has 7 nitrogen and oxygen atoms in total. The Balaban J connectivity index is 1.37. The first-order valence-corrected chi connectivity index (χ1v) is 16.9. The summed E-state index contributed by atoms with van der Waals surface area (Å²) in [4.78, 5) is 22.6. The van der Waals surface area contributed by atoms with Crippen molar-refractivity contribution in [3.05, 3.63) is 47.8 Å². The molecule has 0 radical (unpaired) electrons. The van der Waals surface area contributed by atoms with Crippen molar-refractivity contribution in [2.45, 2.75) is 57.8 Å². The third-order valence-corrected chi connectivity index (χ3v) is 10.6. The molecule has 0 aliphatic heterocycles. The van der Waals surface area contributed by atoms with E-state index in [0.717, 1.165) is 42.5 Å². The maximum Gasteiger partial charge on any atom is 0.309 e. The van der Waals surface area contributed by atoms with Gasteiger partial charge in [0.15, 0.2) is 11.5 Å². The fourth-order valence-corrected chi connectivity index (χ4v) is 8.27. The van der Waals surface area contributed by atoms with Crippen molar-refractivity contribution < 1.29 is 13.9 Å². The number of hydrogen-bond acceptors (Lipinski definition) is 6. The molecular formula is C28H29FIN5O2S. The van der Waals surface area contributed by atoms with E-state index in [9.17, 15) is 9.18 Å². The number of hydrogen-bond donors (Lipinski definition) is 0. The highest BCUT2D eigenvalue weighted by atomic mass is 127. The molecule has 0 spiro atoms. The van der Waals surface area contributed by atoms with Crippen molar-refractivity contribution in [3.8, 4) is 11.4 Å². The van der Waals surface area contributed by atoms with Crippen molar-refractivity contribution in [1.29, 1.82) is 0 Å². The number of aromatic nitrogens is 5. The second-order valence-electron chi connectivity index (χ2n) is 11.0. The minimum atomic E-state index is -0.383. The van der Waals surface area contributed by atoms with Crippen molar-refractivity contribution in [2.24, 2.45) is 23.7 Å². The number of fused-ring (bicyclic) bond motifs is 5. The summed E-state index contributed by atoms with van der Waals surface area (Å²) in [7, 11) is 1.48. The van der Waals surface area contributed by atoms with Crippen molar-refractivity contribution in [1.82, 2.24) is 23.6 Å². The van der Waals surface area contributed by atoms with Gasteiger partial charge in [0.1, 0.15) is 5.82 Å². The third kappa shape index (κ3) is 4.13. The van der Waals surface area contributed by atoms with E-state index >= 15 is 0 Å². The van der Waals surface area contributed by atoms with Crippen LogP contribution in [-0.4, -0.2) is 36.1 Å². The lowest BCUT2D eigenvalue weighted by atomic mass is 9.57. The highest BCUT2D eigenvalue weighted by molar-refractivity contribution is 14.2. The molecular weight excluding hydrogens is 616 g/mol. The molecule has 4 heterocycles. The zero-order valence-electron chi connectivity index (χ0n) is 21.1. The summed E-state index contributed by atoms with van der Waals surface area (Å²) in [6, 6.07) is 5.83. The number of halogens is 2. The fraction of sp³-hybridized carbons (Fsp3) is 0.500. The first kappa shape index (κ1) is 24.8. The minimum Gasteiger partial charge on any atom is -0.466 e. The zero-order valence-corrected chi connectivity index (χ0v) is 24.1. The number of esters is 1. The highest BCUT2D eigenvalue weighted by Gasteiger charge is 2.48. The lowest BCUT2D eigenvalue weighted by Crippen LogP contribution is -2.45. The fourth-order valence-electron chi connectivity index (χ4n) is 7.01. The van der Waals surface area contributed by atoms with Crippen LogP contribution >= 0.6 is 30.3 Å². The predicted octanol–water partition coefficient (Wildman–Crippen LogP) is 6.77. The molecule has 2 bridgehead atoms. The maximum absolute atomic E-state index is 14.3. The summed E-state index contributed by atoms with van der Waals surface area (Å²) in [5.41, 5.74) is 4.63. The summed E-state index contributed by atoms with van der Waals surface area (Å²) in [6.45, 7) is 2.30. The van der Waals surface area contributed by atoms with Crippen LogP contribution in [0.15, 0.2) is 30.6 Å². The Morgan fingerprint density at radius 3 is 2.71 bits per heavy atom. The number of nitrogens with zero attached hydrogens (tertiary/aromatic N) is 5. The molecule has 198 valence electrons. The summed E-state index contributed by atoms with van der Waals surface area (Å²) >= 11 is 2.20. The van der Waals surface area contributed by atoms with Crippen LogP contribution < -0.4 is 0 Å². The van der Waals surface area contributed by atoms with Crippen LogP contribution in [-0.2, 0) is 16.0 Å². The monoisotopic (exact) mass is 645 g/mol. The molecule has 4 fully saturated rings. The van der Waals surface area contributed by atoms with Gasteiger partial charge >= 0.3 is 5.97 Å². The molecule has 0 N–H and O–H groups in total. The van der Waals surface area contributed by atoms with Gasteiger partial charge in [0.25, 0.3) is 0 Å². The average Bonchev–Trinajstić information content (AvgIpc) is 3.57. The zero-order chi connectivity index (χ0) is 26.0. The molecule has 4 saturated carbocycles. The van der Waals surface area contributed by atoms with Crippen LogP contribution in [0.5, 0.6) is 0 Å². The first-order valence-electron chi connectivity index (χ1n) is 13.6. The molecule has 38 heavy (non-hydrogen) atoms. The number of pyridine rings is 1. The second kappa shape index (κ2) is 9.76. The summed E-state index contributed by atoms with van der Waals surface area (Å²) in [5, 5.41) is 5.71. The van der Waals surface area contributed by atoms with E-state index in [-0.39, 0.29) is 23.6 Å². The second-order valence-corrected chi connectivity index (χ2v) is 12.7. The van der Waals surface area contributed by atoms with Crippen molar-refractivity contribution in [3.63, 3.8) is 0 Å². The van der Waals surface area contributed by atoms with E-state index < -0.39 is 0 Å². The number of ether oxygens (including phenoxy) is 1. The molecule has 0 saturated heterocycles. The maximum atomic E-state index is 14.3. The minimum absolute atomic E-state index is 0.0463. The first-order chi connectivity index (χ1) is 18.6. The number of rotatable bonds is 7. The van der Waals surface area contributed by atoms with Gasteiger partial charge in [-0.3, -0.25) is 8.77 Å². The van der Waals surface area contributed by atoms with Gasteiger partial charge in [0.05, 0.1) is 29.9 Å². The Kier molecular flexibility index (Phi) is 6.37. The molecule has 10 heteroatoms. The van der Waals surface area contributed by atoms with Gasteiger partial charge in [-0.25, -0.2) is 18.9 Å². The number of carbonyl (C=O) groups is 1. The van der Waals surface area contributed by atoms with Gasteiger partial charge in [0.2, 0.25) is 0 Å². The van der Waals surface area contributed by atoms with Gasteiger partial charge in [-0.15, -0.1) is 5.10 Å². The van der Waals surface area contributed by atoms with Crippen LogP contribution in [0.1, 0.15) is 62.8 Å². The lowest BCUT2D eigenvalue weighted by molar-refractivity contribution is -0.158. The summed E-state index contributed by atoms with van der Waals surface area (Å²) in [5.74, 6) is 1.68. The van der Waals surface area contributed by atoms with Crippen LogP contribution in [0.4, 0.5) is 4.39 Å². The van der Waals surface area contributed by atoms with Gasteiger partial charge < -0.3 is 4.74 Å². The SMILES string of the molecule is CCOC(=O)[C@H]1C2CCC(CC2)[C@@H]1Cc1nc(-c2cn(SI)c3ncc(F)cc23)nn2c(C3CC3)ccc12. The molecule has 2 atom stereocenters. The van der Waals surface area contributed by atoms with Gasteiger partial charge in [-0.05, 0) is 87.8 Å². The third-order valence-electron chi connectivity index (χ3n) is 8.88. The Morgan fingerprint density at radius 2 is 1.97 bits per heavy atom. The Labute approximate surface area is 236 Å². The van der Waals surface area contributed by atoms with Gasteiger partial charge in [0, 0.05) is 59.1 Å². The van der Waals surface area contributed by atoms with E-state index in [1.54, 1.807) is 0 Å². The van der Waals surface area contributed by atoms with Crippen LogP contribution in [0.25, 0.3) is 27.9 Å². The average molecular weight is 646 g/mol. The molecule has 4 aromatic heterocycles.